The lowest BCUT2D eigenvalue weighted by Gasteiger charge is -2.11. The van der Waals surface area contributed by atoms with Crippen molar-refractivity contribution in [1.29, 1.82) is 0 Å². The summed E-state index contributed by atoms with van der Waals surface area (Å²) in [6, 6.07) is 11.2. The molecule has 0 amide bonds. The molecule has 2 N–H and O–H groups in total. The summed E-state index contributed by atoms with van der Waals surface area (Å²) in [7, 11) is 0. The summed E-state index contributed by atoms with van der Waals surface area (Å²) in [6.45, 7) is 10.7. The van der Waals surface area contributed by atoms with Gasteiger partial charge < -0.3 is 5.73 Å². The van der Waals surface area contributed by atoms with E-state index in [1.54, 1.807) is 23.0 Å². The highest BCUT2D eigenvalue weighted by molar-refractivity contribution is 6.28. The maximum atomic E-state index is 12.7. The van der Waals surface area contributed by atoms with Crippen molar-refractivity contribution in [3.8, 4) is 0 Å². The van der Waals surface area contributed by atoms with Crippen molar-refractivity contribution in [2.45, 2.75) is 38.6 Å². The molecule has 0 radical (unpaired) electrons. The van der Waals surface area contributed by atoms with Crippen LogP contribution < -0.4 is 5.73 Å². The zero-order valence-corrected chi connectivity index (χ0v) is 19.5. The Hall–Kier alpha value is -3.67. The highest BCUT2D eigenvalue weighted by Gasteiger charge is 2.35. The summed E-state index contributed by atoms with van der Waals surface area (Å²) in [4.78, 5) is 28.8. The zero-order chi connectivity index (χ0) is 24.1. The van der Waals surface area contributed by atoms with Crippen molar-refractivity contribution in [2.24, 2.45) is 5.73 Å². The third kappa shape index (κ3) is 4.96. The Morgan fingerprint density at radius 1 is 1.26 bits per heavy atom. The monoisotopic (exact) mass is 473 g/mol. The van der Waals surface area contributed by atoms with Crippen molar-refractivity contribution in [3.05, 3.63) is 88.0 Å². The Balaban J connectivity index is 0.000000257. The molecule has 172 valence electrons. The van der Waals surface area contributed by atoms with Gasteiger partial charge in [-0.25, -0.2) is 9.83 Å². The van der Waals surface area contributed by atoms with Crippen LogP contribution in [0.4, 0.5) is 5.69 Å². The lowest BCUT2D eigenvalue weighted by molar-refractivity contribution is -0.118. The van der Waals surface area contributed by atoms with Gasteiger partial charge in [0.1, 0.15) is 0 Å². The van der Waals surface area contributed by atoms with E-state index in [-0.39, 0.29) is 11.1 Å². The standard InChI is InChI=1S/C18H14ClN5O.C7H10N2/c1-3-6-24-9-13-16(21-18(19)22-17(13)23-24)15-12-8-11(20-2)5-4-10(12)7-14(15)25;8-5-4-7-3-1-2-6-9-7/h4-5,8-9,15H,3,6-7H2,1H3;1-3,6H,4-5,8H2. The van der Waals surface area contributed by atoms with E-state index in [1.807, 2.05) is 30.5 Å². The molecule has 0 bridgehead atoms. The number of aryl methyl sites for hydroxylation is 1. The van der Waals surface area contributed by atoms with Crippen LogP contribution in [0.15, 0.2) is 48.8 Å². The summed E-state index contributed by atoms with van der Waals surface area (Å²) in [5, 5.41) is 5.24. The number of hydrogen-bond acceptors (Lipinski definition) is 6. The molecule has 0 spiro atoms. The average molecular weight is 474 g/mol. The lowest BCUT2D eigenvalue weighted by atomic mass is 9.95. The minimum atomic E-state index is -0.529. The van der Waals surface area contributed by atoms with Gasteiger partial charge >= 0.3 is 0 Å². The van der Waals surface area contributed by atoms with Crippen LogP contribution in [0.5, 0.6) is 0 Å². The molecule has 1 atom stereocenters. The van der Waals surface area contributed by atoms with E-state index in [2.05, 4.69) is 31.8 Å². The van der Waals surface area contributed by atoms with Crippen LogP contribution in [0.1, 0.15) is 41.8 Å². The molecule has 1 unspecified atom stereocenters. The molecule has 34 heavy (non-hydrogen) atoms. The number of fused-ring (bicyclic) bond motifs is 2. The summed E-state index contributed by atoms with van der Waals surface area (Å²) in [5.41, 5.74) is 9.73. The molecule has 0 saturated carbocycles. The first-order valence-electron chi connectivity index (χ1n) is 11.1. The number of rotatable bonds is 5. The second-order valence-electron chi connectivity index (χ2n) is 7.94. The van der Waals surface area contributed by atoms with Gasteiger partial charge in [0.2, 0.25) is 5.28 Å². The number of benzene rings is 1. The first-order chi connectivity index (χ1) is 16.5. The van der Waals surface area contributed by atoms with Gasteiger partial charge in [-0.15, -0.1) is 0 Å². The van der Waals surface area contributed by atoms with Gasteiger partial charge in [0.25, 0.3) is 0 Å². The number of nitrogens with zero attached hydrogens (tertiary/aromatic N) is 6. The smallest absolute Gasteiger partial charge is 0.224 e. The van der Waals surface area contributed by atoms with Gasteiger partial charge in [-0.1, -0.05) is 31.2 Å². The maximum absolute atomic E-state index is 12.7. The summed E-state index contributed by atoms with van der Waals surface area (Å²) < 4.78 is 1.80. The van der Waals surface area contributed by atoms with Crippen LogP contribution in [0.3, 0.4) is 0 Å². The molecular formula is C25H24ClN7O. The maximum Gasteiger partial charge on any atom is 0.224 e. The van der Waals surface area contributed by atoms with Crippen molar-refractivity contribution < 1.29 is 4.79 Å². The molecule has 8 nitrogen and oxygen atoms in total. The van der Waals surface area contributed by atoms with Crippen molar-refractivity contribution in [3.63, 3.8) is 0 Å². The van der Waals surface area contributed by atoms with Crippen LogP contribution in [-0.2, 0) is 24.2 Å². The fourth-order valence-corrected chi connectivity index (χ4v) is 4.22. The molecule has 4 aromatic rings. The van der Waals surface area contributed by atoms with Gasteiger partial charge in [-0.05, 0) is 47.8 Å². The Morgan fingerprint density at radius 3 is 2.82 bits per heavy atom. The predicted molar refractivity (Wildman–Crippen MR) is 131 cm³/mol. The fraction of sp³-hybridized carbons (Fsp3) is 0.280. The molecule has 1 aliphatic rings. The molecule has 9 heteroatoms. The van der Waals surface area contributed by atoms with E-state index in [0.717, 1.165) is 41.6 Å². The number of Topliss-reactive ketones (excluding diaryl/α,β-unsaturated/α-hetero) is 1. The number of carbonyl (C=O) groups excluding carboxylic acids is 1. The lowest BCUT2D eigenvalue weighted by Crippen LogP contribution is -2.11. The number of pyridine rings is 1. The number of hydrogen-bond donors (Lipinski definition) is 1. The Labute approximate surface area is 202 Å². The normalized spacial score (nSPS) is 14.4. The van der Waals surface area contributed by atoms with E-state index < -0.39 is 5.92 Å². The van der Waals surface area contributed by atoms with Crippen LogP contribution in [0.2, 0.25) is 5.28 Å². The molecule has 3 aromatic heterocycles. The molecule has 1 aliphatic carbocycles. The second-order valence-corrected chi connectivity index (χ2v) is 8.28. The largest absolute Gasteiger partial charge is 0.330 e. The van der Waals surface area contributed by atoms with Crippen molar-refractivity contribution in [2.75, 3.05) is 6.54 Å². The third-order valence-electron chi connectivity index (χ3n) is 5.54. The van der Waals surface area contributed by atoms with Crippen LogP contribution in [0.25, 0.3) is 15.9 Å². The Bertz CT molecular complexity index is 1360. The molecule has 0 fully saturated rings. The van der Waals surface area contributed by atoms with Crippen LogP contribution in [-0.4, -0.2) is 37.1 Å². The first kappa shape index (κ1) is 23.5. The van der Waals surface area contributed by atoms with Gasteiger partial charge in [-0.2, -0.15) is 10.1 Å². The number of halogens is 1. The summed E-state index contributed by atoms with van der Waals surface area (Å²) in [5.74, 6) is -0.476. The third-order valence-corrected chi connectivity index (χ3v) is 5.71. The van der Waals surface area contributed by atoms with Crippen molar-refractivity contribution >= 4 is 34.1 Å². The van der Waals surface area contributed by atoms with E-state index in [0.29, 0.717) is 30.0 Å². The van der Waals surface area contributed by atoms with E-state index in [4.69, 9.17) is 23.9 Å². The topological polar surface area (TPSA) is 104 Å². The molecular weight excluding hydrogens is 450 g/mol. The zero-order valence-electron chi connectivity index (χ0n) is 18.8. The van der Waals surface area contributed by atoms with Gasteiger partial charge in [0.05, 0.1) is 23.6 Å². The van der Waals surface area contributed by atoms with E-state index in [1.165, 1.54) is 0 Å². The molecule has 0 saturated heterocycles. The van der Waals surface area contributed by atoms with Gasteiger partial charge in [-0.3, -0.25) is 14.5 Å². The Kier molecular flexibility index (Phi) is 7.26. The van der Waals surface area contributed by atoms with Gasteiger partial charge in [0, 0.05) is 37.5 Å². The van der Waals surface area contributed by atoms with Crippen molar-refractivity contribution in [1.82, 2.24) is 24.7 Å². The van der Waals surface area contributed by atoms with E-state index in [9.17, 15) is 4.79 Å². The molecule has 1 aromatic carbocycles. The fourth-order valence-electron chi connectivity index (χ4n) is 4.05. The molecule has 3 heterocycles. The predicted octanol–water partition coefficient (Wildman–Crippen LogP) is 4.28. The summed E-state index contributed by atoms with van der Waals surface area (Å²) >= 11 is 6.09. The SMILES string of the molecule is NCCc1ccccn1.[C-]#[N+]c1ccc2c(c1)C(c1nc(Cl)nc3nn(CCC)cc13)C(=O)C2. The average Bonchev–Trinajstić information content (AvgIpc) is 3.39. The number of aromatic nitrogens is 5. The number of ketones is 1. The van der Waals surface area contributed by atoms with Crippen LogP contribution >= 0.6 is 11.6 Å². The molecule has 0 aliphatic heterocycles. The van der Waals surface area contributed by atoms with Crippen LogP contribution in [0, 0.1) is 6.57 Å². The minimum Gasteiger partial charge on any atom is -0.330 e. The highest BCUT2D eigenvalue weighted by atomic mass is 35.5. The quantitative estimate of drug-likeness (QED) is 0.342. The van der Waals surface area contributed by atoms with Gasteiger partial charge in [0.15, 0.2) is 17.1 Å². The number of nitrogens with two attached hydrogens (primary N) is 1. The number of carbonyl (C=O) groups is 1. The minimum absolute atomic E-state index is 0.0523. The highest BCUT2D eigenvalue weighted by Crippen LogP contribution is 2.39. The second kappa shape index (κ2) is 10.5. The van der Waals surface area contributed by atoms with E-state index >= 15 is 0 Å². The first-order valence-corrected chi connectivity index (χ1v) is 11.4. The molecule has 5 rings (SSSR count). The summed E-state index contributed by atoms with van der Waals surface area (Å²) in [6.07, 6.45) is 5.80. The Morgan fingerprint density at radius 2 is 2.12 bits per heavy atom.